The Bertz CT molecular complexity index is 608. The number of hydrogen-bond acceptors (Lipinski definition) is 3. The second kappa shape index (κ2) is 6.95. The van der Waals surface area contributed by atoms with E-state index in [2.05, 4.69) is 17.0 Å². The van der Waals surface area contributed by atoms with Crippen LogP contribution >= 0.6 is 0 Å². The van der Waals surface area contributed by atoms with Crippen LogP contribution in [0.5, 0.6) is 11.5 Å². The van der Waals surface area contributed by atoms with Crippen LogP contribution in [0.3, 0.4) is 0 Å². The van der Waals surface area contributed by atoms with Gasteiger partial charge in [-0.1, -0.05) is 6.42 Å². The van der Waals surface area contributed by atoms with Gasteiger partial charge in [0.2, 0.25) is 0 Å². The van der Waals surface area contributed by atoms with E-state index in [0.717, 1.165) is 11.8 Å². The highest BCUT2D eigenvalue weighted by Crippen LogP contribution is 2.49. The number of hydrogen-bond donors (Lipinski definition) is 1. The summed E-state index contributed by atoms with van der Waals surface area (Å²) in [5.74, 6) is 1.91. The zero-order valence-corrected chi connectivity index (χ0v) is 13.9. The number of rotatable bonds is 6. The molecule has 1 aromatic rings. The van der Waals surface area contributed by atoms with Crippen molar-refractivity contribution in [3.05, 3.63) is 23.8 Å². The molecule has 0 radical (unpaired) electrons. The van der Waals surface area contributed by atoms with Gasteiger partial charge >= 0.3 is 6.61 Å². The van der Waals surface area contributed by atoms with Gasteiger partial charge in [0.25, 0.3) is 5.91 Å². The molecule has 4 nitrogen and oxygen atoms in total. The molecule has 2 bridgehead atoms. The van der Waals surface area contributed by atoms with E-state index in [0.29, 0.717) is 11.5 Å². The van der Waals surface area contributed by atoms with E-state index in [1.165, 1.54) is 51.0 Å². The van der Waals surface area contributed by atoms with Crippen LogP contribution < -0.4 is 14.8 Å². The highest BCUT2D eigenvalue weighted by Gasteiger charge is 2.42. The summed E-state index contributed by atoms with van der Waals surface area (Å²) in [6.07, 6.45) is 5.07. The number of nitrogens with one attached hydrogen (secondary N) is 1. The second-order valence-corrected chi connectivity index (χ2v) is 6.84. The predicted octanol–water partition coefficient (Wildman–Crippen LogP) is 3.85. The fourth-order valence-electron chi connectivity index (χ4n) is 4.31. The van der Waals surface area contributed by atoms with Gasteiger partial charge in [-0.3, -0.25) is 4.79 Å². The third-order valence-electron chi connectivity index (χ3n) is 5.44. The quantitative estimate of drug-likeness (QED) is 0.856. The molecule has 3 rings (SSSR count). The van der Waals surface area contributed by atoms with Gasteiger partial charge in [-0.15, -0.1) is 0 Å². The number of methoxy groups -OCH3 is 1. The number of amides is 1. The molecule has 24 heavy (non-hydrogen) atoms. The van der Waals surface area contributed by atoms with Crippen molar-refractivity contribution in [1.82, 2.24) is 5.32 Å². The first-order chi connectivity index (χ1) is 11.5. The maximum atomic E-state index is 12.5. The summed E-state index contributed by atoms with van der Waals surface area (Å²) in [6.45, 7) is -0.884. The lowest BCUT2D eigenvalue weighted by molar-refractivity contribution is -0.0512. The molecule has 6 heteroatoms. The van der Waals surface area contributed by atoms with Crippen molar-refractivity contribution in [1.29, 1.82) is 0 Å². The van der Waals surface area contributed by atoms with Crippen LogP contribution in [0.25, 0.3) is 0 Å². The highest BCUT2D eigenvalue weighted by molar-refractivity contribution is 5.95. The smallest absolute Gasteiger partial charge is 0.387 e. The van der Waals surface area contributed by atoms with Crippen molar-refractivity contribution in [2.45, 2.75) is 45.3 Å². The van der Waals surface area contributed by atoms with Crippen LogP contribution in [-0.2, 0) is 0 Å². The summed E-state index contributed by atoms with van der Waals surface area (Å²) in [4.78, 5) is 12.5. The average Bonchev–Trinajstić information content (AvgIpc) is 3.17. The number of halogens is 2. The van der Waals surface area contributed by atoms with Gasteiger partial charge in [0.05, 0.1) is 7.11 Å². The van der Waals surface area contributed by atoms with Crippen molar-refractivity contribution in [2.24, 2.45) is 17.8 Å². The summed E-state index contributed by atoms with van der Waals surface area (Å²) < 4.78 is 34.1. The van der Waals surface area contributed by atoms with Crippen LogP contribution in [0.1, 0.15) is 43.0 Å². The molecule has 132 valence electrons. The van der Waals surface area contributed by atoms with Crippen molar-refractivity contribution in [2.75, 3.05) is 7.11 Å². The van der Waals surface area contributed by atoms with E-state index in [-0.39, 0.29) is 23.4 Å². The normalized spacial score (nSPS) is 26.5. The van der Waals surface area contributed by atoms with Crippen LogP contribution in [0.2, 0.25) is 0 Å². The molecule has 1 aromatic carbocycles. The largest absolute Gasteiger partial charge is 0.493 e. The number of fused-ring (bicyclic) bond motifs is 2. The molecular weight excluding hydrogens is 316 g/mol. The minimum atomic E-state index is -2.93. The molecule has 0 aliphatic heterocycles. The van der Waals surface area contributed by atoms with Gasteiger partial charge in [-0.2, -0.15) is 8.78 Å². The van der Waals surface area contributed by atoms with E-state index in [1.54, 1.807) is 0 Å². The Hall–Kier alpha value is -1.85. The summed E-state index contributed by atoms with van der Waals surface area (Å²) in [6, 6.07) is 4.35. The zero-order chi connectivity index (χ0) is 17.3. The van der Waals surface area contributed by atoms with Gasteiger partial charge in [-0.25, -0.2) is 0 Å². The lowest BCUT2D eigenvalue weighted by Gasteiger charge is -2.28. The summed E-state index contributed by atoms with van der Waals surface area (Å²) in [5.41, 5.74) is 0.378. The molecule has 0 saturated heterocycles. The molecule has 0 heterocycles. The molecule has 2 fully saturated rings. The summed E-state index contributed by atoms with van der Waals surface area (Å²) in [5, 5.41) is 3.05. The van der Waals surface area contributed by atoms with Crippen LogP contribution in [0.15, 0.2) is 18.2 Å². The SMILES string of the molecule is COc1cc(C(=O)N[C@@H](C)[C@H]2C[C@@H]3CC[C@@H]2C3)ccc1OC(F)F. The minimum Gasteiger partial charge on any atom is -0.493 e. The van der Waals surface area contributed by atoms with Crippen LogP contribution in [0, 0.1) is 17.8 Å². The van der Waals surface area contributed by atoms with Gasteiger partial charge in [0.15, 0.2) is 11.5 Å². The van der Waals surface area contributed by atoms with Gasteiger partial charge in [-0.05, 0) is 62.1 Å². The third kappa shape index (κ3) is 3.47. The van der Waals surface area contributed by atoms with E-state index in [1.807, 2.05) is 0 Å². The molecular formula is C18H23F2NO3. The Labute approximate surface area is 140 Å². The highest BCUT2D eigenvalue weighted by atomic mass is 19.3. The number of alkyl halides is 2. The van der Waals surface area contributed by atoms with Crippen molar-refractivity contribution >= 4 is 5.91 Å². The van der Waals surface area contributed by atoms with E-state index < -0.39 is 6.61 Å². The number of carbonyl (C=O) groups excluding carboxylic acids is 1. The third-order valence-corrected chi connectivity index (χ3v) is 5.44. The lowest BCUT2D eigenvalue weighted by atomic mass is 9.84. The molecule has 2 aliphatic carbocycles. The molecule has 0 spiro atoms. The van der Waals surface area contributed by atoms with Gasteiger partial charge in [0.1, 0.15) is 0 Å². The van der Waals surface area contributed by atoms with Crippen molar-refractivity contribution in [3.63, 3.8) is 0 Å². The predicted molar refractivity (Wildman–Crippen MR) is 85.5 cm³/mol. The van der Waals surface area contributed by atoms with E-state index in [4.69, 9.17) is 4.74 Å². The Morgan fingerprint density at radius 3 is 2.62 bits per heavy atom. The monoisotopic (exact) mass is 339 g/mol. The first-order valence-corrected chi connectivity index (χ1v) is 8.41. The first kappa shape index (κ1) is 17.0. The van der Waals surface area contributed by atoms with Gasteiger partial charge < -0.3 is 14.8 Å². The molecule has 2 aliphatic rings. The maximum Gasteiger partial charge on any atom is 0.387 e. The fourth-order valence-corrected chi connectivity index (χ4v) is 4.31. The number of carbonyl (C=O) groups is 1. The van der Waals surface area contributed by atoms with Crippen molar-refractivity contribution in [3.8, 4) is 11.5 Å². The molecule has 0 aromatic heterocycles. The Morgan fingerprint density at radius 1 is 1.25 bits per heavy atom. The topological polar surface area (TPSA) is 47.6 Å². The summed E-state index contributed by atoms with van der Waals surface area (Å²) in [7, 11) is 1.35. The first-order valence-electron chi connectivity index (χ1n) is 8.41. The van der Waals surface area contributed by atoms with Crippen LogP contribution in [-0.4, -0.2) is 25.7 Å². The van der Waals surface area contributed by atoms with E-state index >= 15 is 0 Å². The number of ether oxygens (including phenoxy) is 2. The van der Waals surface area contributed by atoms with Crippen molar-refractivity contribution < 1.29 is 23.0 Å². The molecule has 1 N–H and O–H groups in total. The Morgan fingerprint density at radius 2 is 2.04 bits per heavy atom. The Kier molecular flexibility index (Phi) is 4.92. The zero-order valence-electron chi connectivity index (χ0n) is 13.9. The fraction of sp³-hybridized carbons (Fsp3) is 0.611. The molecule has 2 saturated carbocycles. The maximum absolute atomic E-state index is 12.5. The lowest BCUT2D eigenvalue weighted by Crippen LogP contribution is -2.40. The second-order valence-electron chi connectivity index (χ2n) is 6.84. The van der Waals surface area contributed by atoms with Crippen LogP contribution in [0.4, 0.5) is 8.78 Å². The Balaban J connectivity index is 1.66. The van der Waals surface area contributed by atoms with Gasteiger partial charge in [0, 0.05) is 11.6 Å². The molecule has 4 atom stereocenters. The summed E-state index contributed by atoms with van der Waals surface area (Å²) >= 11 is 0. The molecule has 1 amide bonds. The minimum absolute atomic E-state index is 0.0785. The molecule has 0 unspecified atom stereocenters. The van der Waals surface area contributed by atoms with E-state index in [9.17, 15) is 13.6 Å². The standard InChI is InChI=1S/C18H23F2NO3/c1-10(14-8-11-3-4-12(14)7-11)21-17(22)13-5-6-15(24-18(19)20)16(9-13)23-2/h5-6,9-12,14,18H,3-4,7-8H2,1-2H3,(H,21,22)/t10-,11+,12+,14+/m0/s1. The number of benzene rings is 1. The average molecular weight is 339 g/mol.